The van der Waals surface area contributed by atoms with Crippen molar-refractivity contribution < 1.29 is 30.6 Å². The highest BCUT2D eigenvalue weighted by Gasteiger charge is 2.37. The van der Waals surface area contributed by atoms with Crippen molar-refractivity contribution in [1.29, 1.82) is 0 Å². The standard InChI is InChI=1S/C20H42N.CHF3O3S/c1-3-5-7-8-9-10-11-12-13-14-18-21(17-6-4-2)19-15-16-20-21;2-1(3,4)8(5,6)7/h3-20H2,1-2H3;(H,5,6,7)/q+1;/p-1. The van der Waals surface area contributed by atoms with Crippen molar-refractivity contribution in [3.8, 4) is 0 Å². The summed E-state index contributed by atoms with van der Waals surface area (Å²) in [6.07, 6.45) is 20.5. The minimum atomic E-state index is -6.09. The molecule has 0 saturated carbocycles. The fourth-order valence-corrected chi connectivity index (χ4v) is 3.99. The van der Waals surface area contributed by atoms with Gasteiger partial charge in [-0.05, 0) is 19.3 Å². The van der Waals surface area contributed by atoms with Gasteiger partial charge in [-0.25, -0.2) is 8.42 Å². The Morgan fingerprint density at radius 2 is 1.07 bits per heavy atom. The third-order valence-electron chi connectivity index (χ3n) is 5.77. The SMILES string of the molecule is CCCCCCCCCCCC[N+]1(CCCC)CCCC1.O=S(=O)([O-])C(F)(F)F. The molecule has 0 atom stereocenters. The van der Waals surface area contributed by atoms with Crippen LogP contribution in [-0.2, 0) is 10.1 Å². The molecule has 0 aromatic carbocycles. The topological polar surface area (TPSA) is 57.2 Å². The number of hydrogen-bond acceptors (Lipinski definition) is 3. The van der Waals surface area contributed by atoms with E-state index in [1.807, 2.05) is 0 Å². The molecule has 0 spiro atoms. The summed E-state index contributed by atoms with van der Waals surface area (Å²) in [5.74, 6) is 0. The van der Waals surface area contributed by atoms with Crippen LogP contribution in [0.5, 0.6) is 0 Å². The van der Waals surface area contributed by atoms with Crippen molar-refractivity contribution in [1.82, 2.24) is 0 Å². The van der Waals surface area contributed by atoms with Crippen LogP contribution in [0, 0.1) is 0 Å². The van der Waals surface area contributed by atoms with E-state index in [1.54, 1.807) is 0 Å². The van der Waals surface area contributed by atoms with Crippen molar-refractivity contribution in [2.75, 3.05) is 26.2 Å². The first kappa shape index (κ1) is 28.7. The molecule has 1 saturated heterocycles. The second-order valence-electron chi connectivity index (χ2n) is 8.38. The molecule has 1 fully saturated rings. The summed E-state index contributed by atoms with van der Waals surface area (Å²) >= 11 is 0. The Labute approximate surface area is 176 Å². The number of alkyl halides is 3. The highest BCUT2D eigenvalue weighted by molar-refractivity contribution is 7.86. The maximum atomic E-state index is 10.7. The first-order valence-corrected chi connectivity index (χ1v) is 12.9. The molecule has 1 aliphatic heterocycles. The molecule has 0 amide bonds. The van der Waals surface area contributed by atoms with Gasteiger partial charge in [0.15, 0.2) is 10.1 Å². The van der Waals surface area contributed by atoms with E-state index in [2.05, 4.69) is 13.8 Å². The van der Waals surface area contributed by atoms with Crippen LogP contribution in [-0.4, -0.2) is 49.1 Å². The Morgan fingerprint density at radius 1 is 0.724 bits per heavy atom. The normalized spacial score (nSPS) is 16.5. The number of quaternary nitrogens is 1. The molecular weight excluding hydrogens is 403 g/mol. The lowest BCUT2D eigenvalue weighted by Gasteiger charge is -2.34. The summed E-state index contributed by atoms with van der Waals surface area (Å²) in [6, 6.07) is 0. The van der Waals surface area contributed by atoms with E-state index in [-0.39, 0.29) is 0 Å². The van der Waals surface area contributed by atoms with E-state index in [9.17, 15) is 13.2 Å². The molecular formula is C21H42F3NO3S. The van der Waals surface area contributed by atoms with E-state index >= 15 is 0 Å². The van der Waals surface area contributed by atoms with Crippen LogP contribution in [0.2, 0.25) is 0 Å². The largest absolute Gasteiger partial charge is 0.741 e. The van der Waals surface area contributed by atoms with Gasteiger partial charge in [0.05, 0.1) is 26.2 Å². The third-order valence-corrected chi connectivity index (χ3v) is 6.34. The summed E-state index contributed by atoms with van der Waals surface area (Å²) in [7, 11) is -6.09. The van der Waals surface area contributed by atoms with Gasteiger partial charge in [-0.15, -0.1) is 0 Å². The van der Waals surface area contributed by atoms with Crippen LogP contribution < -0.4 is 0 Å². The van der Waals surface area contributed by atoms with E-state index < -0.39 is 15.6 Å². The quantitative estimate of drug-likeness (QED) is 0.135. The number of nitrogens with zero attached hydrogens (tertiary/aromatic N) is 1. The summed E-state index contributed by atoms with van der Waals surface area (Å²) in [6.45, 7) is 10.6. The molecule has 176 valence electrons. The molecule has 0 unspecified atom stereocenters. The van der Waals surface area contributed by atoms with Crippen molar-refractivity contribution >= 4 is 10.1 Å². The summed E-state index contributed by atoms with van der Waals surface area (Å²) in [5, 5.41) is 0. The second-order valence-corrected chi connectivity index (χ2v) is 9.75. The van der Waals surface area contributed by atoms with Crippen LogP contribution in [0.3, 0.4) is 0 Å². The van der Waals surface area contributed by atoms with Crippen molar-refractivity contribution in [2.45, 2.75) is 109 Å². The smallest absolute Gasteiger partial charge is 0.485 e. The Kier molecular flexibility index (Phi) is 15.3. The first-order chi connectivity index (χ1) is 13.6. The molecule has 0 aliphatic carbocycles. The maximum absolute atomic E-state index is 10.7. The Balaban J connectivity index is 0.000000828. The summed E-state index contributed by atoms with van der Waals surface area (Å²) in [5.41, 5.74) is -5.65. The lowest BCUT2D eigenvalue weighted by Crippen LogP contribution is -2.46. The second kappa shape index (κ2) is 15.5. The van der Waals surface area contributed by atoms with Crippen LogP contribution in [0.4, 0.5) is 13.2 Å². The van der Waals surface area contributed by atoms with Gasteiger partial charge in [-0.2, -0.15) is 13.2 Å². The summed E-state index contributed by atoms with van der Waals surface area (Å²) < 4.78 is 60.4. The number of halogens is 3. The van der Waals surface area contributed by atoms with Crippen molar-refractivity contribution in [2.24, 2.45) is 0 Å². The lowest BCUT2D eigenvalue weighted by atomic mass is 10.1. The Hall–Kier alpha value is -0.340. The molecule has 29 heavy (non-hydrogen) atoms. The molecule has 0 N–H and O–H groups in total. The number of likely N-dealkylation sites (tertiary alicyclic amines) is 1. The zero-order valence-electron chi connectivity index (χ0n) is 18.4. The molecule has 1 aliphatic rings. The predicted octanol–water partition coefficient (Wildman–Crippen LogP) is 6.37. The third kappa shape index (κ3) is 14.3. The monoisotopic (exact) mass is 445 g/mol. The average molecular weight is 446 g/mol. The minimum absolute atomic E-state index is 1.37. The van der Waals surface area contributed by atoms with Gasteiger partial charge in [-0.3, -0.25) is 0 Å². The molecule has 8 heteroatoms. The van der Waals surface area contributed by atoms with Crippen LogP contribution in [0.1, 0.15) is 104 Å². The fourth-order valence-electron chi connectivity index (χ4n) is 3.99. The predicted molar refractivity (Wildman–Crippen MR) is 111 cm³/mol. The Bertz CT molecular complexity index is 490. The molecule has 1 heterocycles. The highest BCUT2D eigenvalue weighted by atomic mass is 32.2. The van der Waals surface area contributed by atoms with E-state index in [0.717, 1.165) is 0 Å². The average Bonchev–Trinajstić information content (AvgIpc) is 3.09. The van der Waals surface area contributed by atoms with Gasteiger partial charge in [0.1, 0.15) is 0 Å². The van der Waals surface area contributed by atoms with Crippen LogP contribution >= 0.6 is 0 Å². The highest BCUT2D eigenvalue weighted by Crippen LogP contribution is 2.22. The van der Waals surface area contributed by atoms with Gasteiger partial charge in [0, 0.05) is 12.8 Å². The zero-order chi connectivity index (χ0) is 22.2. The van der Waals surface area contributed by atoms with Crippen molar-refractivity contribution in [3.63, 3.8) is 0 Å². The van der Waals surface area contributed by atoms with Crippen LogP contribution in [0.25, 0.3) is 0 Å². The Morgan fingerprint density at radius 3 is 1.45 bits per heavy atom. The fraction of sp³-hybridized carbons (Fsp3) is 1.00. The number of unbranched alkanes of at least 4 members (excludes halogenated alkanes) is 10. The molecule has 0 radical (unpaired) electrons. The molecule has 1 rings (SSSR count). The van der Waals surface area contributed by atoms with Gasteiger partial charge in [0.2, 0.25) is 0 Å². The van der Waals surface area contributed by atoms with Gasteiger partial charge >= 0.3 is 5.51 Å². The van der Waals surface area contributed by atoms with E-state index in [1.165, 1.54) is 121 Å². The van der Waals surface area contributed by atoms with Gasteiger partial charge in [0.25, 0.3) is 0 Å². The van der Waals surface area contributed by atoms with E-state index in [0.29, 0.717) is 0 Å². The van der Waals surface area contributed by atoms with Crippen LogP contribution in [0.15, 0.2) is 0 Å². The minimum Gasteiger partial charge on any atom is -0.741 e. The van der Waals surface area contributed by atoms with E-state index in [4.69, 9.17) is 13.0 Å². The van der Waals surface area contributed by atoms with Gasteiger partial charge in [-0.1, -0.05) is 71.6 Å². The number of hydrogen-bond donors (Lipinski definition) is 0. The number of rotatable bonds is 14. The summed E-state index contributed by atoms with van der Waals surface area (Å²) in [4.78, 5) is 0. The molecule has 0 bridgehead atoms. The lowest BCUT2D eigenvalue weighted by molar-refractivity contribution is -0.917. The zero-order valence-corrected chi connectivity index (χ0v) is 19.3. The molecule has 0 aromatic rings. The molecule has 0 aromatic heterocycles. The first-order valence-electron chi connectivity index (χ1n) is 11.5. The van der Waals surface area contributed by atoms with Crippen molar-refractivity contribution in [3.05, 3.63) is 0 Å². The van der Waals surface area contributed by atoms with Gasteiger partial charge < -0.3 is 9.04 Å². The molecule has 4 nitrogen and oxygen atoms in total. The maximum Gasteiger partial charge on any atom is 0.485 e.